The highest BCUT2D eigenvalue weighted by atomic mass is 35.5. The SMILES string of the molecule is Cc1cc(S(=O)(=O)N[C@@H]2C(C)(C)[C@@H]3CC[C@@]2(C)C3)c(C)cc1Cl. The molecule has 0 amide bonds. The Morgan fingerprint density at radius 1 is 1.17 bits per heavy atom. The number of benzene rings is 1. The Bertz CT molecular complexity index is 752. The van der Waals surface area contributed by atoms with Crippen LogP contribution in [0.3, 0.4) is 0 Å². The first-order valence-corrected chi connectivity index (χ1v) is 10.1. The van der Waals surface area contributed by atoms with E-state index in [2.05, 4.69) is 25.5 Å². The van der Waals surface area contributed by atoms with E-state index in [-0.39, 0.29) is 16.9 Å². The van der Waals surface area contributed by atoms with Crippen molar-refractivity contribution >= 4 is 21.6 Å². The molecular weight excluding hydrogens is 330 g/mol. The maximum absolute atomic E-state index is 13.0. The summed E-state index contributed by atoms with van der Waals surface area (Å²) in [5, 5.41) is 0.605. The van der Waals surface area contributed by atoms with E-state index in [1.807, 2.05) is 6.92 Å². The maximum Gasteiger partial charge on any atom is 0.241 e. The van der Waals surface area contributed by atoms with E-state index in [1.54, 1.807) is 19.1 Å². The van der Waals surface area contributed by atoms with E-state index in [0.29, 0.717) is 21.4 Å². The van der Waals surface area contributed by atoms with Crippen molar-refractivity contribution in [3.8, 4) is 0 Å². The number of rotatable bonds is 3. The summed E-state index contributed by atoms with van der Waals surface area (Å²) in [4.78, 5) is 0.349. The Morgan fingerprint density at radius 2 is 1.83 bits per heavy atom. The minimum absolute atomic E-state index is 0.00452. The molecular formula is C18H26ClNO2S. The van der Waals surface area contributed by atoms with Crippen LogP contribution in [0.4, 0.5) is 0 Å². The topological polar surface area (TPSA) is 46.2 Å². The second kappa shape index (κ2) is 5.21. The summed E-state index contributed by atoms with van der Waals surface area (Å²) in [5.74, 6) is 0.605. The smallest absolute Gasteiger partial charge is 0.207 e. The molecule has 0 radical (unpaired) electrons. The first-order valence-electron chi connectivity index (χ1n) is 8.26. The van der Waals surface area contributed by atoms with Crippen LogP contribution in [0.2, 0.25) is 5.02 Å². The molecule has 3 rings (SSSR count). The summed E-state index contributed by atoms with van der Waals surface area (Å²) >= 11 is 6.11. The highest BCUT2D eigenvalue weighted by molar-refractivity contribution is 7.89. The predicted molar refractivity (Wildman–Crippen MR) is 94.3 cm³/mol. The zero-order chi connectivity index (χ0) is 17.2. The molecule has 1 aromatic carbocycles. The van der Waals surface area contributed by atoms with Gasteiger partial charge in [0, 0.05) is 11.1 Å². The van der Waals surface area contributed by atoms with Gasteiger partial charge in [-0.2, -0.15) is 0 Å². The van der Waals surface area contributed by atoms with Gasteiger partial charge in [0.1, 0.15) is 0 Å². The lowest BCUT2D eigenvalue weighted by Crippen LogP contribution is -2.52. The number of aryl methyl sites for hydroxylation is 2. The van der Waals surface area contributed by atoms with Crippen LogP contribution in [-0.2, 0) is 10.0 Å². The van der Waals surface area contributed by atoms with Gasteiger partial charge in [0.25, 0.3) is 0 Å². The van der Waals surface area contributed by atoms with Crippen molar-refractivity contribution in [2.24, 2.45) is 16.7 Å². The monoisotopic (exact) mass is 355 g/mol. The summed E-state index contributed by atoms with van der Waals surface area (Å²) in [6.45, 7) is 10.3. The van der Waals surface area contributed by atoms with E-state index in [1.165, 1.54) is 6.42 Å². The lowest BCUT2D eigenvalue weighted by atomic mass is 9.69. The van der Waals surface area contributed by atoms with Crippen molar-refractivity contribution in [2.45, 2.75) is 64.8 Å². The van der Waals surface area contributed by atoms with Gasteiger partial charge in [0.2, 0.25) is 10.0 Å². The molecule has 3 nitrogen and oxygen atoms in total. The minimum atomic E-state index is -3.55. The number of hydrogen-bond donors (Lipinski definition) is 1. The van der Waals surface area contributed by atoms with Crippen LogP contribution in [0.25, 0.3) is 0 Å². The standard InChI is InChI=1S/C18H26ClNO2S/c1-11-9-15(12(2)8-14(11)19)23(21,22)20-16-17(3,4)13-6-7-18(16,5)10-13/h8-9,13,16,20H,6-7,10H2,1-5H3/t13-,16-,18+/m1/s1. The zero-order valence-corrected chi connectivity index (χ0v) is 16.1. The van der Waals surface area contributed by atoms with Gasteiger partial charge in [-0.15, -0.1) is 0 Å². The van der Waals surface area contributed by atoms with Crippen LogP contribution in [-0.4, -0.2) is 14.5 Å². The summed E-state index contributed by atoms with van der Waals surface area (Å²) < 4.78 is 29.1. The predicted octanol–water partition coefficient (Wildman–Crippen LogP) is 4.45. The van der Waals surface area contributed by atoms with Crippen LogP contribution in [0, 0.1) is 30.6 Å². The summed E-state index contributed by atoms with van der Waals surface area (Å²) in [5.41, 5.74) is 1.54. The lowest BCUT2D eigenvalue weighted by molar-refractivity contribution is 0.127. The normalized spacial score (nSPS) is 32.4. The molecule has 5 heteroatoms. The highest BCUT2D eigenvalue weighted by Crippen LogP contribution is 2.62. The molecule has 3 atom stereocenters. The fourth-order valence-electron chi connectivity index (χ4n) is 4.86. The number of hydrogen-bond acceptors (Lipinski definition) is 2. The third-order valence-corrected chi connectivity index (χ3v) is 8.26. The van der Waals surface area contributed by atoms with E-state index in [9.17, 15) is 8.42 Å². The average molecular weight is 356 g/mol. The Kier molecular flexibility index (Phi) is 3.90. The first-order chi connectivity index (χ1) is 10.5. The molecule has 0 unspecified atom stereocenters. The van der Waals surface area contributed by atoms with Crippen LogP contribution < -0.4 is 4.72 Å². The van der Waals surface area contributed by atoms with Gasteiger partial charge < -0.3 is 0 Å². The largest absolute Gasteiger partial charge is 0.241 e. The van der Waals surface area contributed by atoms with Crippen molar-refractivity contribution in [3.63, 3.8) is 0 Å². The third-order valence-electron chi connectivity index (χ3n) is 6.29. The molecule has 23 heavy (non-hydrogen) atoms. The summed E-state index contributed by atoms with van der Waals surface area (Å²) in [6.07, 6.45) is 3.43. The molecule has 2 bridgehead atoms. The fraction of sp³-hybridized carbons (Fsp3) is 0.667. The fourth-order valence-corrected chi connectivity index (χ4v) is 6.92. The van der Waals surface area contributed by atoms with E-state index in [0.717, 1.165) is 18.4 Å². The van der Waals surface area contributed by atoms with Crippen LogP contribution >= 0.6 is 11.6 Å². The van der Waals surface area contributed by atoms with Gasteiger partial charge in [-0.1, -0.05) is 32.4 Å². The maximum atomic E-state index is 13.0. The Morgan fingerprint density at radius 3 is 2.39 bits per heavy atom. The zero-order valence-electron chi connectivity index (χ0n) is 14.5. The molecule has 2 aliphatic carbocycles. The number of fused-ring (bicyclic) bond motifs is 2. The van der Waals surface area contributed by atoms with E-state index >= 15 is 0 Å². The van der Waals surface area contributed by atoms with Gasteiger partial charge in [0.05, 0.1) is 4.90 Å². The van der Waals surface area contributed by atoms with Crippen molar-refractivity contribution in [3.05, 3.63) is 28.3 Å². The lowest BCUT2D eigenvalue weighted by Gasteiger charge is -2.42. The molecule has 2 saturated carbocycles. The molecule has 0 spiro atoms. The molecule has 1 aromatic rings. The van der Waals surface area contributed by atoms with Gasteiger partial charge in [-0.05, 0) is 73.1 Å². The molecule has 0 aliphatic heterocycles. The van der Waals surface area contributed by atoms with Crippen LogP contribution in [0.15, 0.2) is 17.0 Å². The van der Waals surface area contributed by atoms with Gasteiger partial charge in [-0.25, -0.2) is 13.1 Å². The first kappa shape index (κ1) is 17.2. The third kappa shape index (κ3) is 2.63. The Hall–Kier alpha value is -0.580. The quantitative estimate of drug-likeness (QED) is 0.870. The van der Waals surface area contributed by atoms with Crippen molar-refractivity contribution in [1.82, 2.24) is 4.72 Å². The molecule has 2 aliphatic rings. The second-order valence-corrected chi connectivity index (χ2v) is 10.4. The molecule has 0 heterocycles. The number of sulfonamides is 1. The van der Waals surface area contributed by atoms with Gasteiger partial charge >= 0.3 is 0 Å². The summed E-state index contributed by atoms with van der Waals surface area (Å²) in [7, 11) is -3.55. The molecule has 1 N–H and O–H groups in total. The van der Waals surface area contributed by atoms with Crippen molar-refractivity contribution in [2.75, 3.05) is 0 Å². The second-order valence-electron chi connectivity index (χ2n) is 8.34. The van der Waals surface area contributed by atoms with E-state index in [4.69, 9.17) is 11.6 Å². The molecule has 128 valence electrons. The van der Waals surface area contributed by atoms with Crippen molar-refractivity contribution in [1.29, 1.82) is 0 Å². The van der Waals surface area contributed by atoms with Gasteiger partial charge in [-0.3, -0.25) is 0 Å². The highest BCUT2D eigenvalue weighted by Gasteiger charge is 2.60. The summed E-state index contributed by atoms with van der Waals surface area (Å²) in [6, 6.07) is 3.40. The number of nitrogens with one attached hydrogen (secondary N) is 1. The molecule has 0 saturated heterocycles. The average Bonchev–Trinajstić information content (AvgIpc) is 2.90. The van der Waals surface area contributed by atoms with E-state index < -0.39 is 10.0 Å². The van der Waals surface area contributed by atoms with Crippen LogP contribution in [0.1, 0.15) is 51.2 Å². The Balaban J connectivity index is 1.98. The molecule has 0 aromatic heterocycles. The van der Waals surface area contributed by atoms with Crippen molar-refractivity contribution < 1.29 is 8.42 Å². The minimum Gasteiger partial charge on any atom is -0.207 e. The van der Waals surface area contributed by atoms with Crippen LogP contribution in [0.5, 0.6) is 0 Å². The number of halogens is 1. The van der Waals surface area contributed by atoms with Gasteiger partial charge in [0.15, 0.2) is 0 Å². The molecule has 2 fully saturated rings. The Labute approximate surface area is 144 Å².